The number of anilines is 1. The number of nitrogens with zero attached hydrogens (tertiary/aromatic N) is 2. The molecule has 2 heterocycles. The average molecular weight is 259 g/mol. The van der Waals surface area contributed by atoms with Crippen LogP contribution in [0.5, 0.6) is 0 Å². The van der Waals surface area contributed by atoms with E-state index in [4.69, 9.17) is 0 Å². The number of pyridine rings is 1. The highest BCUT2D eigenvalue weighted by Crippen LogP contribution is 2.28. The molecule has 2 rings (SSSR count). The minimum atomic E-state index is -4.41. The van der Waals surface area contributed by atoms with Crippen LogP contribution in [0.15, 0.2) is 24.4 Å². The van der Waals surface area contributed by atoms with Gasteiger partial charge in [-0.25, -0.2) is 4.98 Å². The maximum Gasteiger partial charge on any atom is 0.410 e. The Labute approximate surface area is 102 Å². The number of carbonyl (C=O) groups is 1. The molecule has 0 aliphatic carbocycles. The molecule has 0 aromatic carbocycles. The third-order valence-corrected chi connectivity index (χ3v) is 2.77. The Bertz CT molecular complexity index is 421. The third-order valence-electron chi connectivity index (χ3n) is 2.77. The molecular weight excluding hydrogens is 247 g/mol. The van der Waals surface area contributed by atoms with Gasteiger partial charge in [0.25, 0.3) is 0 Å². The smallest absolute Gasteiger partial charge is 0.354 e. The summed E-state index contributed by atoms with van der Waals surface area (Å²) in [5.74, 6) is -0.140. The Morgan fingerprint density at radius 2 is 2.17 bits per heavy atom. The fourth-order valence-corrected chi connectivity index (χ4v) is 1.88. The predicted octanol–water partition coefficient (Wildman–Crippen LogP) is 1.34. The number of carbonyl (C=O) groups excluding carboxylic acids is 1. The Morgan fingerprint density at radius 1 is 1.39 bits per heavy atom. The number of halogens is 3. The van der Waals surface area contributed by atoms with E-state index in [2.05, 4.69) is 10.3 Å². The van der Waals surface area contributed by atoms with Crippen LogP contribution in [0.2, 0.25) is 0 Å². The standard InChI is InChI=1S/C11H12F3N3O/c12-11(13,14)8-7-16-10(18)4-6-17(8)9-3-1-2-5-15-9/h1-3,5,8H,4,6-7H2,(H,16,18). The summed E-state index contributed by atoms with van der Waals surface area (Å²) in [5, 5.41) is 2.27. The van der Waals surface area contributed by atoms with Crippen molar-refractivity contribution in [1.82, 2.24) is 10.3 Å². The highest BCUT2D eigenvalue weighted by Gasteiger charge is 2.45. The zero-order chi connectivity index (χ0) is 13.2. The highest BCUT2D eigenvalue weighted by molar-refractivity contribution is 5.77. The molecule has 1 N–H and O–H groups in total. The molecule has 98 valence electrons. The summed E-state index contributed by atoms with van der Waals surface area (Å²) in [6.45, 7) is -0.439. The molecule has 0 radical (unpaired) electrons. The van der Waals surface area contributed by atoms with Crippen molar-refractivity contribution in [3.05, 3.63) is 24.4 Å². The Hall–Kier alpha value is -1.79. The lowest BCUT2D eigenvalue weighted by Crippen LogP contribution is -2.50. The van der Waals surface area contributed by atoms with Crippen LogP contribution in [0.3, 0.4) is 0 Å². The van der Waals surface area contributed by atoms with Crippen molar-refractivity contribution in [1.29, 1.82) is 0 Å². The molecule has 0 spiro atoms. The second-order valence-corrected chi connectivity index (χ2v) is 3.99. The molecule has 1 atom stereocenters. The van der Waals surface area contributed by atoms with E-state index < -0.39 is 18.8 Å². The molecule has 1 amide bonds. The molecule has 1 fully saturated rings. The zero-order valence-corrected chi connectivity index (χ0v) is 9.44. The van der Waals surface area contributed by atoms with E-state index in [1.165, 1.54) is 12.3 Å². The third kappa shape index (κ3) is 2.72. The summed E-state index contributed by atoms with van der Waals surface area (Å²) in [4.78, 5) is 16.2. The van der Waals surface area contributed by atoms with E-state index in [1.54, 1.807) is 12.1 Å². The Kier molecular flexibility index (Phi) is 3.40. The number of aromatic nitrogens is 1. The first-order chi connectivity index (χ1) is 8.48. The van der Waals surface area contributed by atoms with Crippen LogP contribution in [0.1, 0.15) is 6.42 Å². The molecule has 1 aromatic rings. The summed E-state index contributed by atoms with van der Waals surface area (Å²) in [6.07, 6.45) is -2.94. The van der Waals surface area contributed by atoms with Crippen LogP contribution >= 0.6 is 0 Å². The zero-order valence-electron chi connectivity index (χ0n) is 9.44. The van der Waals surface area contributed by atoms with Crippen molar-refractivity contribution >= 4 is 11.7 Å². The van der Waals surface area contributed by atoms with Crippen LogP contribution in [0.25, 0.3) is 0 Å². The summed E-state index contributed by atoms with van der Waals surface area (Å²) in [5.41, 5.74) is 0. The highest BCUT2D eigenvalue weighted by atomic mass is 19.4. The van der Waals surface area contributed by atoms with Crippen LogP contribution < -0.4 is 10.2 Å². The Morgan fingerprint density at radius 3 is 2.78 bits per heavy atom. The molecule has 18 heavy (non-hydrogen) atoms. The van der Waals surface area contributed by atoms with Crippen LogP contribution in [-0.4, -0.2) is 36.2 Å². The summed E-state index contributed by atoms with van der Waals surface area (Å²) < 4.78 is 38.9. The van der Waals surface area contributed by atoms with E-state index in [0.29, 0.717) is 0 Å². The van der Waals surface area contributed by atoms with Crippen LogP contribution in [0.4, 0.5) is 19.0 Å². The van der Waals surface area contributed by atoms with Gasteiger partial charge in [-0.3, -0.25) is 4.79 Å². The average Bonchev–Trinajstić information content (AvgIpc) is 2.52. The van der Waals surface area contributed by atoms with Crippen LogP contribution in [0, 0.1) is 0 Å². The first kappa shape index (κ1) is 12.7. The van der Waals surface area contributed by atoms with Crippen molar-refractivity contribution in [3.8, 4) is 0 Å². The van der Waals surface area contributed by atoms with E-state index in [9.17, 15) is 18.0 Å². The minimum Gasteiger partial charge on any atom is -0.354 e. The van der Waals surface area contributed by atoms with E-state index >= 15 is 0 Å². The number of hydrogen-bond acceptors (Lipinski definition) is 3. The molecule has 1 saturated heterocycles. The molecule has 1 aliphatic rings. The number of rotatable bonds is 1. The molecule has 0 bridgehead atoms. The molecular formula is C11H12F3N3O. The van der Waals surface area contributed by atoms with Crippen molar-refractivity contribution < 1.29 is 18.0 Å². The minimum absolute atomic E-state index is 0.00697. The number of alkyl halides is 3. The lowest BCUT2D eigenvalue weighted by Gasteiger charge is -2.31. The fraction of sp³-hybridized carbons (Fsp3) is 0.455. The SMILES string of the molecule is O=C1CCN(c2ccccn2)C(C(F)(F)F)CN1. The van der Waals surface area contributed by atoms with Crippen molar-refractivity contribution in [3.63, 3.8) is 0 Å². The van der Waals surface area contributed by atoms with E-state index in [1.807, 2.05) is 0 Å². The first-order valence-electron chi connectivity index (χ1n) is 5.49. The van der Waals surface area contributed by atoms with Crippen molar-refractivity contribution in [2.45, 2.75) is 18.6 Å². The summed E-state index contributed by atoms with van der Waals surface area (Å²) >= 11 is 0. The van der Waals surface area contributed by atoms with E-state index in [-0.39, 0.29) is 24.7 Å². The summed E-state index contributed by atoms with van der Waals surface area (Å²) in [6, 6.07) is 3.02. The second-order valence-electron chi connectivity index (χ2n) is 3.99. The second kappa shape index (κ2) is 4.83. The molecule has 1 aliphatic heterocycles. The normalized spacial score (nSPS) is 21.4. The molecule has 1 unspecified atom stereocenters. The van der Waals surface area contributed by atoms with Gasteiger partial charge in [0, 0.05) is 25.7 Å². The number of nitrogens with one attached hydrogen (secondary N) is 1. The lowest BCUT2D eigenvalue weighted by atomic mass is 10.2. The maximum absolute atomic E-state index is 13.0. The topological polar surface area (TPSA) is 45.2 Å². The molecule has 7 heteroatoms. The predicted molar refractivity (Wildman–Crippen MR) is 59.1 cm³/mol. The van der Waals surface area contributed by atoms with Gasteiger partial charge in [-0.1, -0.05) is 6.07 Å². The lowest BCUT2D eigenvalue weighted by molar-refractivity contribution is -0.147. The van der Waals surface area contributed by atoms with Gasteiger partial charge in [-0.05, 0) is 12.1 Å². The molecule has 0 saturated carbocycles. The Balaban J connectivity index is 2.30. The van der Waals surface area contributed by atoms with Gasteiger partial charge in [0.05, 0.1) is 0 Å². The monoisotopic (exact) mass is 259 g/mol. The van der Waals surface area contributed by atoms with Gasteiger partial charge < -0.3 is 10.2 Å². The van der Waals surface area contributed by atoms with Crippen molar-refractivity contribution in [2.24, 2.45) is 0 Å². The summed E-state index contributed by atoms with van der Waals surface area (Å²) in [7, 11) is 0. The number of hydrogen-bond donors (Lipinski definition) is 1. The fourth-order valence-electron chi connectivity index (χ4n) is 1.88. The van der Waals surface area contributed by atoms with Gasteiger partial charge in [0.1, 0.15) is 11.9 Å². The van der Waals surface area contributed by atoms with Gasteiger partial charge in [0.15, 0.2) is 0 Å². The maximum atomic E-state index is 13.0. The van der Waals surface area contributed by atoms with Gasteiger partial charge in [-0.2, -0.15) is 13.2 Å². The van der Waals surface area contributed by atoms with Crippen LogP contribution in [-0.2, 0) is 4.79 Å². The van der Waals surface area contributed by atoms with Gasteiger partial charge in [-0.15, -0.1) is 0 Å². The van der Waals surface area contributed by atoms with E-state index in [0.717, 1.165) is 4.90 Å². The molecule has 4 nitrogen and oxygen atoms in total. The molecule has 1 aromatic heterocycles. The van der Waals surface area contributed by atoms with Gasteiger partial charge in [0.2, 0.25) is 5.91 Å². The quantitative estimate of drug-likeness (QED) is 0.827. The van der Waals surface area contributed by atoms with Crippen molar-refractivity contribution in [2.75, 3.05) is 18.0 Å². The first-order valence-corrected chi connectivity index (χ1v) is 5.49. The largest absolute Gasteiger partial charge is 0.410 e. The number of amides is 1. The van der Waals surface area contributed by atoms with Gasteiger partial charge >= 0.3 is 6.18 Å².